The van der Waals surface area contributed by atoms with Crippen molar-refractivity contribution in [3.05, 3.63) is 52.2 Å². The van der Waals surface area contributed by atoms with Gasteiger partial charge in [0, 0.05) is 17.7 Å². The van der Waals surface area contributed by atoms with Crippen LogP contribution in [-0.4, -0.2) is 12.9 Å². The van der Waals surface area contributed by atoms with Crippen LogP contribution in [0.15, 0.2) is 41.8 Å². The molecule has 0 unspecified atom stereocenters. The first-order chi connectivity index (χ1) is 8.78. The van der Waals surface area contributed by atoms with Gasteiger partial charge >= 0.3 is 0 Å². The summed E-state index contributed by atoms with van der Waals surface area (Å²) in [5.74, 6) is 1.11. The zero-order valence-electron chi connectivity index (χ0n) is 10.4. The van der Waals surface area contributed by atoms with E-state index in [2.05, 4.69) is 6.07 Å². The summed E-state index contributed by atoms with van der Waals surface area (Å²) in [7, 11) is 1.64. The molecule has 1 aromatic carbocycles. The number of hydrogen-bond donors (Lipinski definition) is 0. The van der Waals surface area contributed by atoms with Gasteiger partial charge in [-0.3, -0.25) is 4.79 Å². The molecule has 0 bridgehead atoms. The lowest BCUT2D eigenvalue weighted by Gasteiger charge is -2.03. The first-order valence-corrected chi connectivity index (χ1v) is 6.83. The van der Waals surface area contributed by atoms with Gasteiger partial charge in [-0.2, -0.15) is 0 Å². The highest BCUT2D eigenvalue weighted by Gasteiger charge is 2.05. The van der Waals surface area contributed by atoms with Gasteiger partial charge in [-0.1, -0.05) is 18.2 Å². The Kier molecular flexibility index (Phi) is 4.53. The van der Waals surface area contributed by atoms with Gasteiger partial charge in [-0.25, -0.2) is 0 Å². The van der Waals surface area contributed by atoms with Gasteiger partial charge in [-0.05, 0) is 35.6 Å². The molecule has 0 spiro atoms. The Labute approximate surface area is 111 Å². The van der Waals surface area contributed by atoms with E-state index in [4.69, 9.17) is 4.74 Å². The van der Waals surface area contributed by atoms with E-state index in [1.54, 1.807) is 18.4 Å². The smallest absolute Gasteiger partial charge is 0.137 e. The number of ether oxygens (including phenoxy) is 1. The van der Waals surface area contributed by atoms with Crippen LogP contribution in [0.2, 0.25) is 0 Å². The van der Waals surface area contributed by atoms with Crippen LogP contribution in [-0.2, 0) is 17.6 Å². The minimum absolute atomic E-state index is 0.286. The molecule has 2 nitrogen and oxygen atoms in total. The average molecular weight is 260 g/mol. The fourth-order valence-electron chi connectivity index (χ4n) is 1.78. The number of aryl methyl sites for hydroxylation is 1. The molecule has 18 heavy (non-hydrogen) atoms. The molecule has 0 N–H and O–H groups in total. The summed E-state index contributed by atoms with van der Waals surface area (Å²) in [5, 5.41) is 2.04. The zero-order chi connectivity index (χ0) is 12.8. The van der Waals surface area contributed by atoms with E-state index >= 15 is 0 Å². The van der Waals surface area contributed by atoms with Gasteiger partial charge in [-0.15, -0.1) is 11.3 Å². The number of carbonyl (C=O) groups excluding carboxylic acids is 1. The molecule has 3 heteroatoms. The van der Waals surface area contributed by atoms with E-state index in [0.29, 0.717) is 12.8 Å². The molecule has 0 saturated carbocycles. The molecule has 0 aliphatic carbocycles. The summed E-state index contributed by atoms with van der Waals surface area (Å²) in [4.78, 5) is 13.1. The molecular formula is C15H16O2S. The molecule has 0 aliphatic rings. The van der Waals surface area contributed by atoms with Gasteiger partial charge in [0.15, 0.2) is 0 Å². The Morgan fingerprint density at radius 2 is 2.00 bits per heavy atom. The Morgan fingerprint density at radius 3 is 2.61 bits per heavy atom. The van der Waals surface area contributed by atoms with E-state index in [9.17, 15) is 4.79 Å². The van der Waals surface area contributed by atoms with Gasteiger partial charge in [0.05, 0.1) is 7.11 Å². The zero-order valence-corrected chi connectivity index (χ0v) is 11.2. The van der Waals surface area contributed by atoms with Crippen molar-refractivity contribution in [1.29, 1.82) is 0 Å². The number of thiophene rings is 1. The van der Waals surface area contributed by atoms with Crippen LogP contribution >= 0.6 is 11.3 Å². The predicted octanol–water partition coefficient (Wildman–Crippen LogP) is 3.50. The van der Waals surface area contributed by atoms with Crippen molar-refractivity contribution in [1.82, 2.24) is 0 Å². The largest absolute Gasteiger partial charge is 0.497 e. The van der Waals surface area contributed by atoms with Crippen LogP contribution in [0.1, 0.15) is 16.9 Å². The lowest BCUT2D eigenvalue weighted by molar-refractivity contribution is -0.118. The van der Waals surface area contributed by atoms with Gasteiger partial charge in [0.1, 0.15) is 11.5 Å². The fourth-order valence-corrected chi connectivity index (χ4v) is 2.49. The van der Waals surface area contributed by atoms with Crippen molar-refractivity contribution in [2.45, 2.75) is 19.3 Å². The van der Waals surface area contributed by atoms with Gasteiger partial charge in [0.25, 0.3) is 0 Å². The standard InChI is InChI=1S/C15H16O2S/c1-17-14-7-4-12(5-8-14)11-13(16)6-9-15-3-2-10-18-15/h2-5,7-8,10H,6,9,11H2,1H3. The van der Waals surface area contributed by atoms with Crippen LogP contribution in [0, 0.1) is 0 Å². The fraction of sp³-hybridized carbons (Fsp3) is 0.267. The Balaban J connectivity index is 1.83. The van der Waals surface area contributed by atoms with Crippen molar-refractivity contribution >= 4 is 17.1 Å². The summed E-state index contributed by atoms with van der Waals surface area (Å²) in [6.07, 6.45) is 1.98. The number of benzene rings is 1. The van der Waals surface area contributed by atoms with Crippen LogP contribution in [0.5, 0.6) is 5.75 Å². The summed E-state index contributed by atoms with van der Waals surface area (Å²) >= 11 is 1.71. The lowest BCUT2D eigenvalue weighted by Crippen LogP contribution is -2.03. The number of carbonyl (C=O) groups is 1. The molecule has 94 valence electrons. The second kappa shape index (κ2) is 6.36. The molecule has 2 aromatic rings. The molecule has 1 heterocycles. The number of methoxy groups -OCH3 is 1. The highest BCUT2D eigenvalue weighted by atomic mass is 32.1. The highest BCUT2D eigenvalue weighted by Crippen LogP contribution is 2.14. The van der Waals surface area contributed by atoms with E-state index < -0.39 is 0 Å². The van der Waals surface area contributed by atoms with Crippen molar-refractivity contribution in [3.8, 4) is 5.75 Å². The van der Waals surface area contributed by atoms with Crippen molar-refractivity contribution in [2.24, 2.45) is 0 Å². The first kappa shape index (κ1) is 12.8. The third-order valence-corrected chi connectivity index (χ3v) is 3.73. The Morgan fingerprint density at radius 1 is 1.22 bits per heavy atom. The number of rotatable bonds is 6. The van der Waals surface area contributed by atoms with Crippen molar-refractivity contribution < 1.29 is 9.53 Å². The third kappa shape index (κ3) is 3.70. The lowest BCUT2D eigenvalue weighted by atomic mass is 10.1. The van der Waals surface area contributed by atoms with Gasteiger partial charge < -0.3 is 4.74 Å². The molecular weight excluding hydrogens is 244 g/mol. The second-order valence-corrected chi connectivity index (χ2v) is 5.18. The molecule has 0 radical (unpaired) electrons. The molecule has 0 atom stereocenters. The average Bonchev–Trinajstić information content (AvgIpc) is 2.90. The van der Waals surface area contributed by atoms with Gasteiger partial charge in [0.2, 0.25) is 0 Å². The summed E-state index contributed by atoms with van der Waals surface area (Å²) < 4.78 is 5.09. The molecule has 1 aromatic heterocycles. The monoisotopic (exact) mass is 260 g/mol. The third-order valence-electron chi connectivity index (χ3n) is 2.79. The van der Waals surface area contributed by atoms with Crippen LogP contribution in [0.4, 0.5) is 0 Å². The number of ketones is 1. The maximum Gasteiger partial charge on any atom is 0.137 e. The summed E-state index contributed by atoms with van der Waals surface area (Å²) in [6.45, 7) is 0. The quantitative estimate of drug-likeness (QED) is 0.794. The second-order valence-electron chi connectivity index (χ2n) is 4.14. The molecule has 0 fully saturated rings. The normalized spacial score (nSPS) is 10.3. The molecule has 0 saturated heterocycles. The van der Waals surface area contributed by atoms with E-state index in [1.807, 2.05) is 35.7 Å². The topological polar surface area (TPSA) is 26.3 Å². The van der Waals surface area contributed by atoms with E-state index in [0.717, 1.165) is 17.7 Å². The number of Topliss-reactive ketones (excluding diaryl/α,β-unsaturated/α-hetero) is 1. The van der Waals surface area contributed by atoms with Crippen LogP contribution < -0.4 is 4.74 Å². The first-order valence-electron chi connectivity index (χ1n) is 5.95. The number of hydrogen-bond acceptors (Lipinski definition) is 3. The maximum absolute atomic E-state index is 11.8. The van der Waals surface area contributed by atoms with Crippen LogP contribution in [0.25, 0.3) is 0 Å². The maximum atomic E-state index is 11.8. The SMILES string of the molecule is COc1ccc(CC(=O)CCc2cccs2)cc1. The minimum Gasteiger partial charge on any atom is -0.497 e. The Bertz CT molecular complexity index is 486. The predicted molar refractivity (Wildman–Crippen MR) is 74.3 cm³/mol. The van der Waals surface area contributed by atoms with Crippen molar-refractivity contribution in [3.63, 3.8) is 0 Å². The minimum atomic E-state index is 0.286. The Hall–Kier alpha value is -1.61. The van der Waals surface area contributed by atoms with Crippen molar-refractivity contribution in [2.75, 3.05) is 7.11 Å². The molecule has 0 aliphatic heterocycles. The molecule has 0 amide bonds. The van der Waals surface area contributed by atoms with Crippen LogP contribution in [0.3, 0.4) is 0 Å². The highest BCUT2D eigenvalue weighted by molar-refractivity contribution is 7.09. The summed E-state index contributed by atoms with van der Waals surface area (Å²) in [5.41, 5.74) is 1.05. The van der Waals surface area contributed by atoms with E-state index in [1.165, 1.54) is 4.88 Å². The molecule has 2 rings (SSSR count). The summed E-state index contributed by atoms with van der Waals surface area (Å²) in [6, 6.07) is 11.8. The van der Waals surface area contributed by atoms with E-state index in [-0.39, 0.29) is 5.78 Å².